The van der Waals surface area contributed by atoms with Crippen molar-refractivity contribution in [2.75, 3.05) is 26.8 Å². The summed E-state index contributed by atoms with van der Waals surface area (Å²) < 4.78 is 16.0. The number of nitrogens with zero attached hydrogens (tertiary/aromatic N) is 1. The molecule has 0 aliphatic carbocycles. The van der Waals surface area contributed by atoms with E-state index in [-0.39, 0.29) is 24.4 Å². The molecule has 2 aliphatic heterocycles. The Bertz CT molecular complexity index is 785. The van der Waals surface area contributed by atoms with Crippen molar-refractivity contribution in [2.24, 2.45) is 5.92 Å². The summed E-state index contributed by atoms with van der Waals surface area (Å²) in [6.07, 6.45) is 4.52. The molecular weight excluding hydrogens is 370 g/mol. The minimum atomic E-state index is -0.496. The molecule has 29 heavy (non-hydrogen) atoms. The number of hydrogen-bond donors (Lipinski definition) is 0. The standard InChI is InChI=1S/C23H31NO5/c1-23(2,3)29-22(26)24-12-9-16(10-13-24)19(7-8-21(25)27-4)18-6-5-17-11-14-28-20(17)15-18/h5-7,15-16H,8-14H2,1-4H3. The van der Waals surface area contributed by atoms with E-state index in [1.165, 1.54) is 12.7 Å². The zero-order valence-corrected chi connectivity index (χ0v) is 17.8. The normalized spacial score (nSPS) is 17.5. The number of esters is 1. The maximum absolute atomic E-state index is 12.4. The van der Waals surface area contributed by atoms with Crippen LogP contribution in [0.25, 0.3) is 5.57 Å². The van der Waals surface area contributed by atoms with Gasteiger partial charge >= 0.3 is 12.1 Å². The van der Waals surface area contributed by atoms with Crippen molar-refractivity contribution in [1.82, 2.24) is 4.90 Å². The first-order valence-corrected chi connectivity index (χ1v) is 10.3. The lowest BCUT2D eigenvalue weighted by Gasteiger charge is -2.34. The molecule has 158 valence electrons. The second kappa shape index (κ2) is 8.89. The third-order valence-corrected chi connectivity index (χ3v) is 5.33. The molecule has 2 heterocycles. The minimum absolute atomic E-state index is 0.232. The molecule has 0 atom stereocenters. The van der Waals surface area contributed by atoms with Crippen LogP contribution in [0.15, 0.2) is 24.3 Å². The highest BCUT2D eigenvalue weighted by atomic mass is 16.6. The van der Waals surface area contributed by atoms with Gasteiger partial charge in [0.15, 0.2) is 0 Å². The van der Waals surface area contributed by atoms with Crippen LogP contribution >= 0.6 is 0 Å². The summed E-state index contributed by atoms with van der Waals surface area (Å²) in [5, 5.41) is 0. The van der Waals surface area contributed by atoms with Gasteiger partial charge in [-0.05, 0) is 62.3 Å². The van der Waals surface area contributed by atoms with Crippen molar-refractivity contribution >= 4 is 17.6 Å². The van der Waals surface area contributed by atoms with Gasteiger partial charge in [-0.2, -0.15) is 0 Å². The predicted molar refractivity (Wildman–Crippen MR) is 111 cm³/mol. The van der Waals surface area contributed by atoms with Crippen molar-refractivity contribution in [3.8, 4) is 5.75 Å². The van der Waals surface area contributed by atoms with Gasteiger partial charge in [0.1, 0.15) is 11.4 Å². The molecule has 0 unspecified atom stereocenters. The fourth-order valence-electron chi connectivity index (χ4n) is 3.84. The number of rotatable bonds is 4. The number of allylic oxidation sites excluding steroid dienone is 1. The molecule has 0 saturated carbocycles. The number of benzene rings is 1. The lowest BCUT2D eigenvalue weighted by molar-refractivity contribution is -0.139. The molecular formula is C23H31NO5. The van der Waals surface area contributed by atoms with E-state index in [4.69, 9.17) is 14.2 Å². The summed E-state index contributed by atoms with van der Waals surface area (Å²) in [7, 11) is 1.40. The zero-order valence-electron chi connectivity index (χ0n) is 17.8. The molecule has 0 radical (unpaired) electrons. The summed E-state index contributed by atoms with van der Waals surface area (Å²) in [6.45, 7) is 7.62. The first kappa shape index (κ1) is 21.2. The quantitative estimate of drug-likeness (QED) is 0.707. The Labute approximate surface area is 172 Å². The fourth-order valence-corrected chi connectivity index (χ4v) is 3.84. The molecule has 0 spiro atoms. The highest BCUT2D eigenvalue weighted by Crippen LogP contribution is 2.36. The number of amides is 1. The third-order valence-electron chi connectivity index (χ3n) is 5.33. The third kappa shape index (κ3) is 5.52. The Balaban J connectivity index is 1.74. The van der Waals surface area contributed by atoms with Crippen molar-refractivity contribution in [1.29, 1.82) is 0 Å². The fraction of sp³-hybridized carbons (Fsp3) is 0.565. The second-order valence-corrected chi connectivity index (χ2v) is 8.60. The van der Waals surface area contributed by atoms with Crippen molar-refractivity contribution in [3.63, 3.8) is 0 Å². The van der Waals surface area contributed by atoms with Crippen LogP contribution in [0.3, 0.4) is 0 Å². The lowest BCUT2D eigenvalue weighted by atomic mass is 9.84. The van der Waals surface area contributed by atoms with Crippen molar-refractivity contribution < 1.29 is 23.8 Å². The van der Waals surface area contributed by atoms with Crippen molar-refractivity contribution in [3.05, 3.63) is 35.4 Å². The monoisotopic (exact) mass is 401 g/mol. The topological polar surface area (TPSA) is 65.1 Å². The Morgan fingerprint density at radius 3 is 2.62 bits per heavy atom. The minimum Gasteiger partial charge on any atom is -0.493 e. The van der Waals surface area contributed by atoms with Crippen LogP contribution < -0.4 is 4.74 Å². The van der Waals surface area contributed by atoms with E-state index in [1.54, 1.807) is 4.90 Å². The number of piperidine rings is 1. The van der Waals surface area contributed by atoms with E-state index in [9.17, 15) is 9.59 Å². The highest BCUT2D eigenvalue weighted by Gasteiger charge is 2.29. The van der Waals surface area contributed by atoms with E-state index in [1.807, 2.05) is 26.8 Å². The van der Waals surface area contributed by atoms with Gasteiger partial charge in [0, 0.05) is 19.5 Å². The molecule has 1 aromatic rings. The number of carbonyl (C=O) groups excluding carboxylic acids is 2. The maximum atomic E-state index is 12.4. The Morgan fingerprint density at radius 2 is 1.97 bits per heavy atom. The van der Waals surface area contributed by atoms with Gasteiger partial charge in [0.05, 0.1) is 20.1 Å². The smallest absolute Gasteiger partial charge is 0.410 e. The van der Waals surface area contributed by atoms with E-state index in [0.717, 1.165) is 36.1 Å². The molecule has 6 nitrogen and oxygen atoms in total. The highest BCUT2D eigenvalue weighted by molar-refractivity contribution is 5.77. The van der Waals surface area contributed by atoms with E-state index in [0.29, 0.717) is 19.7 Å². The molecule has 1 fully saturated rings. The summed E-state index contributed by atoms with van der Waals surface area (Å²) >= 11 is 0. The molecule has 3 rings (SSSR count). The first-order chi connectivity index (χ1) is 13.8. The first-order valence-electron chi connectivity index (χ1n) is 10.3. The maximum Gasteiger partial charge on any atom is 0.410 e. The molecule has 0 bridgehead atoms. The molecule has 0 N–H and O–H groups in total. The summed E-state index contributed by atoms with van der Waals surface area (Å²) in [6, 6.07) is 6.29. The molecule has 0 aromatic heterocycles. The summed E-state index contributed by atoms with van der Waals surface area (Å²) in [4.78, 5) is 25.9. The van der Waals surface area contributed by atoms with Crippen LogP contribution in [0.5, 0.6) is 5.75 Å². The molecule has 1 amide bonds. The van der Waals surface area contributed by atoms with Crippen LogP contribution in [-0.2, 0) is 20.7 Å². The Kier molecular flexibility index (Phi) is 6.50. The number of likely N-dealkylation sites (tertiary alicyclic amines) is 1. The number of carbonyl (C=O) groups is 2. The molecule has 1 saturated heterocycles. The number of fused-ring (bicyclic) bond motifs is 1. The predicted octanol–water partition coefficient (Wildman–Crippen LogP) is 4.22. The van der Waals surface area contributed by atoms with Gasteiger partial charge in [0.2, 0.25) is 0 Å². The van der Waals surface area contributed by atoms with Gasteiger partial charge in [-0.25, -0.2) is 4.79 Å². The largest absolute Gasteiger partial charge is 0.493 e. The Morgan fingerprint density at radius 1 is 1.24 bits per heavy atom. The SMILES string of the molecule is COC(=O)CC=C(c1ccc2c(c1)OCC2)C1CCN(C(=O)OC(C)(C)C)CC1. The van der Waals surface area contributed by atoms with Crippen molar-refractivity contribution in [2.45, 2.75) is 52.1 Å². The van der Waals surface area contributed by atoms with E-state index in [2.05, 4.69) is 18.2 Å². The van der Waals surface area contributed by atoms with Gasteiger partial charge in [-0.1, -0.05) is 18.2 Å². The molecule has 1 aromatic carbocycles. The van der Waals surface area contributed by atoms with Crippen LogP contribution in [0.1, 0.15) is 51.2 Å². The Hall–Kier alpha value is -2.50. The summed E-state index contributed by atoms with van der Waals surface area (Å²) in [5.74, 6) is 0.932. The number of hydrogen-bond acceptors (Lipinski definition) is 5. The van der Waals surface area contributed by atoms with E-state index >= 15 is 0 Å². The summed E-state index contributed by atoms with van der Waals surface area (Å²) in [5.41, 5.74) is 2.92. The average Bonchev–Trinajstić information content (AvgIpc) is 3.15. The number of methoxy groups -OCH3 is 1. The number of ether oxygens (including phenoxy) is 3. The van der Waals surface area contributed by atoms with Crippen LogP contribution in [0.2, 0.25) is 0 Å². The van der Waals surface area contributed by atoms with Gasteiger partial charge in [-0.15, -0.1) is 0 Å². The lowest BCUT2D eigenvalue weighted by Crippen LogP contribution is -2.41. The van der Waals surface area contributed by atoms with Crippen LogP contribution in [0, 0.1) is 5.92 Å². The molecule has 6 heteroatoms. The van der Waals surface area contributed by atoms with Gasteiger partial charge in [-0.3, -0.25) is 4.79 Å². The average molecular weight is 402 g/mol. The van der Waals surface area contributed by atoms with E-state index < -0.39 is 5.60 Å². The molecule has 2 aliphatic rings. The van der Waals surface area contributed by atoms with Gasteiger partial charge in [0.25, 0.3) is 0 Å². The van der Waals surface area contributed by atoms with Crippen LogP contribution in [0.4, 0.5) is 4.79 Å². The van der Waals surface area contributed by atoms with Gasteiger partial charge < -0.3 is 19.1 Å². The second-order valence-electron chi connectivity index (χ2n) is 8.60. The van der Waals surface area contributed by atoms with Crippen LogP contribution in [-0.4, -0.2) is 49.4 Å². The zero-order chi connectivity index (χ0) is 21.0.